The highest BCUT2D eigenvalue weighted by Gasteiger charge is 2.38. The molecule has 1 aromatic carbocycles. The molecule has 2 fully saturated rings. The van der Waals surface area contributed by atoms with Gasteiger partial charge in [-0.3, -0.25) is 4.79 Å². The average Bonchev–Trinajstić information content (AvgIpc) is 2.87. The Morgan fingerprint density at radius 2 is 2.00 bits per heavy atom. The summed E-state index contributed by atoms with van der Waals surface area (Å²) in [7, 11) is 0. The second-order valence-corrected chi connectivity index (χ2v) is 6.28. The molecule has 3 rings (SSSR count). The van der Waals surface area contributed by atoms with Gasteiger partial charge in [0.25, 0.3) is 5.91 Å². The molecule has 2 saturated heterocycles. The van der Waals surface area contributed by atoms with Crippen LogP contribution >= 0.6 is 24.0 Å². The van der Waals surface area contributed by atoms with E-state index >= 15 is 0 Å². The first kappa shape index (κ1) is 16.5. The van der Waals surface area contributed by atoms with E-state index in [9.17, 15) is 9.18 Å². The van der Waals surface area contributed by atoms with E-state index in [2.05, 4.69) is 5.32 Å². The number of nitrogens with zero attached hydrogens (tertiary/aromatic N) is 1. The van der Waals surface area contributed by atoms with Gasteiger partial charge < -0.3 is 10.2 Å². The molecular formula is C15H19Cl2FN2O. The number of hydrogen-bond donors (Lipinski definition) is 1. The van der Waals surface area contributed by atoms with Gasteiger partial charge in [0.2, 0.25) is 0 Å². The Hall–Kier alpha value is -0.840. The van der Waals surface area contributed by atoms with Crippen molar-refractivity contribution >= 4 is 29.9 Å². The number of benzene rings is 1. The second-order valence-electron chi connectivity index (χ2n) is 5.84. The van der Waals surface area contributed by atoms with Crippen LogP contribution in [0.4, 0.5) is 4.39 Å². The highest BCUT2D eigenvalue weighted by Crippen LogP contribution is 2.37. The van der Waals surface area contributed by atoms with E-state index in [0.717, 1.165) is 25.9 Å². The third kappa shape index (κ3) is 3.33. The minimum atomic E-state index is -0.537. The lowest BCUT2D eigenvalue weighted by atomic mass is 9.78. The zero-order chi connectivity index (χ0) is 14.2. The topological polar surface area (TPSA) is 32.3 Å². The number of piperidine rings is 1. The van der Waals surface area contributed by atoms with Gasteiger partial charge in [-0.15, -0.1) is 12.4 Å². The number of halogens is 3. The number of rotatable bonds is 1. The molecule has 1 spiro atoms. The van der Waals surface area contributed by atoms with Gasteiger partial charge in [0.05, 0.1) is 5.56 Å². The molecule has 0 atom stereocenters. The molecule has 0 bridgehead atoms. The first-order chi connectivity index (χ1) is 9.60. The highest BCUT2D eigenvalue weighted by molar-refractivity contribution is 6.30. The summed E-state index contributed by atoms with van der Waals surface area (Å²) < 4.78 is 13.8. The van der Waals surface area contributed by atoms with E-state index < -0.39 is 5.82 Å². The smallest absolute Gasteiger partial charge is 0.256 e. The average molecular weight is 333 g/mol. The summed E-state index contributed by atoms with van der Waals surface area (Å²) in [4.78, 5) is 14.1. The molecule has 1 amide bonds. The molecule has 21 heavy (non-hydrogen) atoms. The van der Waals surface area contributed by atoms with E-state index in [1.165, 1.54) is 18.6 Å². The number of hydrogen-bond acceptors (Lipinski definition) is 2. The van der Waals surface area contributed by atoms with Gasteiger partial charge >= 0.3 is 0 Å². The molecule has 6 heteroatoms. The number of carbonyl (C=O) groups excluding carboxylic acids is 1. The maximum absolute atomic E-state index is 13.8. The number of nitrogens with one attached hydrogen (secondary N) is 1. The molecule has 0 aromatic heterocycles. The second kappa shape index (κ2) is 6.51. The van der Waals surface area contributed by atoms with E-state index in [0.29, 0.717) is 23.5 Å². The molecule has 3 nitrogen and oxygen atoms in total. The summed E-state index contributed by atoms with van der Waals surface area (Å²) >= 11 is 5.72. The van der Waals surface area contributed by atoms with Crippen LogP contribution in [0.5, 0.6) is 0 Å². The van der Waals surface area contributed by atoms with Gasteiger partial charge in [0, 0.05) is 24.7 Å². The largest absolute Gasteiger partial charge is 0.339 e. The van der Waals surface area contributed by atoms with Crippen molar-refractivity contribution < 1.29 is 9.18 Å². The zero-order valence-electron chi connectivity index (χ0n) is 11.7. The van der Waals surface area contributed by atoms with Crippen LogP contribution in [0, 0.1) is 11.2 Å². The summed E-state index contributed by atoms with van der Waals surface area (Å²) in [5, 5.41) is 3.71. The highest BCUT2D eigenvalue weighted by atomic mass is 35.5. The normalized spacial score (nSPS) is 20.4. The predicted octanol–water partition coefficient (Wildman–Crippen LogP) is 3.12. The van der Waals surface area contributed by atoms with Crippen molar-refractivity contribution in [3.05, 3.63) is 34.6 Å². The summed E-state index contributed by atoms with van der Waals surface area (Å²) in [5.41, 5.74) is 0.477. The van der Waals surface area contributed by atoms with Crippen LogP contribution in [-0.4, -0.2) is 37.0 Å². The summed E-state index contributed by atoms with van der Waals surface area (Å²) in [6.45, 7) is 3.54. The van der Waals surface area contributed by atoms with E-state index in [1.54, 1.807) is 11.0 Å². The van der Waals surface area contributed by atoms with Crippen LogP contribution in [0.3, 0.4) is 0 Å². The van der Waals surface area contributed by atoms with Gasteiger partial charge in [-0.2, -0.15) is 0 Å². The predicted molar refractivity (Wildman–Crippen MR) is 83.7 cm³/mol. The van der Waals surface area contributed by atoms with Gasteiger partial charge in [-0.25, -0.2) is 4.39 Å². The third-order valence-electron chi connectivity index (χ3n) is 4.60. The van der Waals surface area contributed by atoms with Gasteiger partial charge in [-0.05, 0) is 49.4 Å². The number of likely N-dealkylation sites (tertiary alicyclic amines) is 1. The van der Waals surface area contributed by atoms with Crippen LogP contribution < -0.4 is 5.32 Å². The number of carbonyl (C=O) groups is 1. The summed E-state index contributed by atoms with van der Waals surface area (Å²) in [6.07, 6.45) is 3.19. The quantitative estimate of drug-likeness (QED) is 0.856. The Bertz CT molecular complexity index is 522. The fourth-order valence-corrected chi connectivity index (χ4v) is 3.40. The van der Waals surface area contributed by atoms with Crippen LogP contribution in [-0.2, 0) is 0 Å². The lowest BCUT2D eigenvalue weighted by Gasteiger charge is -2.38. The molecule has 2 aliphatic heterocycles. The summed E-state index contributed by atoms with van der Waals surface area (Å²) in [6, 6.07) is 4.23. The maximum Gasteiger partial charge on any atom is 0.256 e. The fraction of sp³-hybridized carbons (Fsp3) is 0.533. The molecule has 1 N–H and O–H groups in total. The molecule has 0 unspecified atom stereocenters. The van der Waals surface area contributed by atoms with Crippen molar-refractivity contribution in [2.45, 2.75) is 19.3 Å². The molecule has 0 aliphatic carbocycles. The van der Waals surface area contributed by atoms with Crippen LogP contribution in [0.15, 0.2) is 18.2 Å². The van der Waals surface area contributed by atoms with Crippen molar-refractivity contribution in [1.29, 1.82) is 0 Å². The van der Waals surface area contributed by atoms with Gasteiger partial charge in [-0.1, -0.05) is 11.6 Å². The fourth-order valence-electron chi connectivity index (χ4n) is 3.24. The van der Waals surface area contributed by atoms with E-state index in [4.69, 9.17) is 11.6 Å². The third-order valence-corrected chi connectivity index (χ3v) is 4.84. The Kier molecular flexibility index (Phi) is 5.12. The standard InChI is InChI=1S/C15H18ClFN2O.ClH/c16-11-1-2-12(13(17)9-11)14(20)19-7-4-15(5-8-19)3-6-18-10-15;/h1-2,9,18H,3-8,10H2;1H. The molecule has 2 heterocycles. The first-order valence-corrected chi connectivity index (χ1v) is 7.43. The Labute approximate surface area is 135 Å². The maximum atomic E-state index is 13.8. The van der Waals surface area contributed by atoms with Crippen LogP contribution in [0.1, 0.15) is 29.6 Å². The number of amides is 1. The molecule has 0 radical (unpaired) electrons. The van der Waals surface area contributed by atoms with Crippen molar-refractivity contribution in [2.75, 3.05) is 26.2 Å². The molecule has 0 saturated carbocycles. The van der Waals surface area contributed by atoms with E-state index in [-0.39, 0.29) is 23.9 Å². The van der Waals surface area contributed by atoms with Gasteiger partial charge in [0.1, 0.15) is 5.82 Å². The minimum Gasteiger partial charge on any atom is -0.339 e. The van der Waals surface area contributed by atoms with Crippen LogP contribution in [0.2, 0.25) is 5.02 Å². The van der Waals surface area contributed by atoms with Crippen molar-refractivity contribution in [3.8, 4) is 0 Å². The Balaban J connectivity index is 0.00000161. The molecule has 116 valence electrons. The van der Waals surface area contributed by atoms with Crippen molar-refractivity contribution in [3.63, 3.8) is 0 Å². The zero-order valence-corrected chi connectivity index (χ0v) is 13.3. The van der Waals surface area contributed by atoms with Crippen molar-refractivity contribution in [2.24, 2.45) is 5.41 Å². The lowest BCUT2D eigenvalue weighted by Crippen LogP contribution is -2.44. The SMILES string of the molecule is Cl.O=C(c1ccc(Cl)cc1F)N1CCC2(CCNC2)CC1. The monoisotopic (exact) mass is 332 g/mol. The molecule has 1 aromatic rings. The summed E-state index contributed by atoms with van der Waals surface area (Å²) in [5.74, 6) is -0.759. The minimum absolute atomic E-state index is 0. The molecular weight excluding hydrogens is 314 g/mol. The van der Waals surface area contributed by atoms with E-state index in [1.807, 2.05) is 0 Å². The van der Waals surface area contributed by atoms with Crippen LogP contribution in [0.25, 0.3) is 0 Å². The first-order valence-electron chi connectivity index (χ1n) is 7.05. The van der Waals surface area contributed by atoms with Gasteiger partial charge in [0.15, 0.2) is 0 Å². The lowest BCUT2D eigenvalue weighted by molar-refractivity contribution is 0.0603. The Morgan fingerprint density at radius 3 is 2.57 bits per heavy atom. The Morgan fingerprint density at radius 1 is 1.29 bits per heavy atom. The molecule has 2 aliphatic rings. The van der Waals surface area contributed by atoms with Crippen molar-refractivity contribution in [1.82, 2.24) is 10.2 Å².